The lowest BCUT2D eigenvalue weighted by molar-refractivity contribution is 0.0795. The first-order chi connectivity index (χ1) is 8.79. The summed E-state index contributed by atoms with van der Waals surface area (Å²) in [6, 6.07) is 6.75. The summed E-state index contributed by atoms with van der Waals surface area (Å²) < 4.78 is 0. The summed E-state index contributed by atoms with van der Waals surface area (Å²) in [7, 11) is 0. The smallest absolute Gasteiger partial charge is 0.115 e. The van der Waals surface area contributed by atoms with E-state index in [2.05, 4.69) is 17.4 Å². The van der Waals surface area contributed by atoms with Crippen LogP contribution >= 0.6 is 17.0 Å². The van der Waals surface area contributed by atoms with Crippen molar-refractivity contribution < 1.29 is 5.11 Å². The van der Waals surface area contributed by atoms with E-state index in [9.17, 15) is 5.11 Å². The van der Waals surface area contributed by atoms with Gasteiger partial charge in [0.15, 0.2) is 0 Å². The molecule has 104 valence electrons. The molecule has 1 heterocycles. The highest BCUT2D eigenvalue weighted by Crippen LogP contribution is 2.54. The highest BCUT2D eigenvalue weighted by Gasteiger charge is 2.51. The van der Waals surface area contributed by atoms with E-state index in [4.69, 9.17) is 0 Å². The van der Waals surface area contributed by atoms with E-state index >= 15 is 0 Å². The van der Waals surface area contributed by atoms with Gasteiger partial charge in [0.25, 0.3) is 0 Å². The van der Waals surface area contributed by atoms with Gasteiger partial charge in [0.1, 0.15) is 5.75 Å². The first-order valence-electron chi connectivity index (χ1n) is 7.35. The summed E-state index contributed by atoms with van der Waals surface area (Å²) in [6.07, 6.45) is 7.85. The predicted molar refractivity (Wildman–Crippen MR) is 82.2 cm³/mol. The first kappa shape index (κ1) is 13.4. The summed E-state index contributed by atoms with van der Waals surface area (Å²) in [4.78, 5) is 0. The van der Waals surface area contributed by atoms with Crippen molar-refractivity contribution in [1.82, 2.24) is 5.32 Å². The van der Waals surface area contributed by atoms with Crippen molar-refractivity contribution in [3.05, 3.63) is 29.3 Å². The number of piperidine rings is 1. The number of aromatic hydroxyl groups is 1. The molecule has 3 heteroatoms. The summed E-state index contributed by atoms with van der Waals surface area (Å²) >= 11 is 0. The van der Waals surface area contributed by atoms with Crippen LogP contribution in [0.1, 0.15) is 43.2 Å². The average molecular weight is 324 g/mol. The minimum atomic E-state index is 0. The fraction of sp³-hybridized carbons (Fsp3) is 0.625. The van der Waals surface area contributed by atoms with Crippen LogP contribution in [0.25, 0.3) is 0 Å². The number of rotatable bonds is 0. The molecule has 0 spiro atoms. The monoisotopic (exact) mass is 323 g/mol. The second-order valence-corrected chi connectivity index (χ2v) is 6.36. The van der Waals surface area contributed by atoms with Gasteiger partial charge in [-0.2, -0.15) is 0 Å². The Hall–Kier alpha value is -0.540. The number of phenolic OH excluding ortho intramolecular Hbond substituents is 1. The molecule has 4 rings (SSSR count). The van der Waals surface area contributed by atoms with E-state index in [-0.39, 0.29) is 17.0 Å². The molecule has 0 aromatic heterocycles. The molecule has 2 bridgehead atoms. The van der Waals surface area contributed by atoms with Gasteiger partial charge >= 0.3 is 0 Å². The maximum Gasteiger partial charge on any atom is 0.115 e. The van der Waals surface area contributed by atoms with Crippen molar-refractivity contribution in [2.75, 3.05) is 6.54 Å². The van der Waals surface area contributed by atoms with E-state index in [0.717, 1.165) is 18.9 Å². The molecule has 2 aliphatic carbocycles. The topological polar surface area (TPSA) is 32.3 Å². The molecular formula is C16H22BrNO. The SMILES string of the molecule is Br.Oc1ccc2c(c1)[C@]13CCCC[C@H]1[C@H](C2)NCC3. The number of halogens is 1. The Labute approximate surface area is 125 Å². The normalized spacial score (nSPS) is 35.8. The number of phenols is 1. The Balaban J connectivity index is 0.00000110. The van der Waals surface area contributed by atoms with Gasteiger partial charge in [-0.05, 0) is 61.4 Å². The van der Waals surface area contributed by atoms with E-state index in [0.29, 0.717) is 17.2 Å². The fourth-order valence-corrected chi connectivity index (χ4v) is 4.91. The number of nitrogens with one attached hydrogen (secondary N) is 1. The van der Waals surface area contributed by atoms with Crippen LogP contribution in [0.5, 0.6) is 5.75 Å². The zero-order chi connectivity index (χ0) is 12.2. The Bertz CT molecular complexity index is 486. The van der Waals surface area contributed by atoms with Crippen LogP contribution in [0.3, 0.4) is 0 Å². The molecule has 3 atom stereocenters. The van der Waals surface area contributed by atoms with Crippen LogP contribution in [0.2, 0.25) is 0 Å². The molecular weight excluding hydrogens is 302 g/mol. The molecule has 2 N–H and O–H groups in total. The lowest BCUT2D eigenvalue weighted by Gasteiger charge is -2.56. The van der Waals surface area contributed by atoms with Crippen LogP contribution in [-0.2, 0) is 11.8 Å². The molecule has 2 fully saturated rings. The standard InChI is InChI=1S/C16H21NO.BrH/c18-12-5-4-11-9-15-13-3-1-2-6-16(13,7-8-17-15)14(11)10-12;/h4-5,10,13,15,17-18H,1-3,6-9H2;1H/t13-,15-,16-;/m0./s1. The second-order valence-electron chi connectivity index (χ2n) is 6.36. The molecule has 1 saturated carbocycles. The molecule has 1 aromatic rings. The van der Waals surface area contributed by atoms with Crippen molar-refractivity contribution >= 4 is 17.0 Å². The van der Waals surface area contributed by atoms with E-state index in [1.54, 1.807) is 0 Å². The molecule has 0 unspecified atom stereocenters. The highest BCUT2D eigenvalue weighted by atomic mass is 79.9. The van der Waals surface area contributed by atoms with Crippen molar-refractivity contribution in [2.45, 2.75) is 50.0 Å². The maximum absolute atomic E-state index is 9.86. The van der Waals surface area contributed by atoms with Crippen LogP contribution in [0.4, 0.5) is 0 Å². The molecule has 0 amide bonds. The van der Waals surface area contributed by atoms with Gasteiger partial charge in [0.2, 0.25) is 0 Å². The van der Waals surface area contributed by atoms with Crippen molar-refractivity contribution in [3.63, 3.8) is 0 Å². The van der Waals surface area contributed by atoms with E-state index in [1.165, 1.54) is 43.2 Å². The zero-order valence-corrected chi connectivity index (χ0v) is 12.9. The third-order valence-electron chi connectivity index (χ3n) is 5.63. The minimum Gasteiger partial charge on any atom is -0.508 e. The van der Waals surface area contributed by atoms with Crippen molar-refractivity contribution in [3.8, 4) is 5.75 Å². The molecule has 0 radical (unpaired) electrons. The molecule has 3 aliphatic rings. The average Bonchev–Trinajstić information content (AvgIpc) is 2.40. The largest absolute Gasteiger partial charge is 0.508 e. The van der Waals surface area contributed by atoms with Crippen LogP contribution in [0, 0.1) is 5.92 Å². The second kappa shape index (κ2) is 4.78. The van der Waals surface area contributed by atoms with Crippen molar-refractivity contribution in [2.24, 2.45) is 5.92 Å². The number of fused-ring (bicyclic) bond motifs is 1. The lowest BCUT2D eigenvalue weighted by Crippen LogP contribution is -2.59. The van der Waals surface area contributed by atoms with Gasteiger partial charge in [-0.1, -0.05) is 18.9 Å². The quantitative estimate of drug-likeness (QED) is 0.767. The van der Waals surface area contributed by atoms with E-state index in [1.807, 2.05) is 6.07 Å². The van der Waals surface area contributed by atoms with Gasteiger partial charge < -0.3 is 10.4 Å². The fourth-order valence-electron chi connectivity index (χ4n) is 4.91. The molecule has 1 aliphatic heterocycles. The Kier molecular flexibility index (Phi) is 3.38. The summed E-state index contributed by atoms with van der Waals surface area (Å²) in [5.41, 5.74) is 3.33. The van der Waals surface area contributed by atoms with Crippen LogP contribution in [-0.4, -0.2) is 17.7 Å². The minimum absolute atomic E-state index is 0. The summed E-state index contributed by atoms with van der Waals surface area (Å²) in [6.45, 7) is 1.15. The zero-order valence-electron chi connectivity index (χ0n) is 11.2. The van der Waals surface area contributed by atoms with E-state index < -0.39 is 0 Å². The number of hydrogen-bond donors (Lipinski definition) is 2. The third kappa shape index (κ3) is 1.85. The highest BCUT2D eigenvalue weighted by molar-refractivity contribution is 8.93. The van der Waals surface area contributed by atoms with Gasteiger partial charge in [0.05, 0.1) is 0 Å². The number of hydrogen-bond acceptors (Lipinski definition) is 2. The first-order valence-corrected chi connectivity index (χ1v) is 7.35. The Morgan fingerprint density at radius 1 is 1.21 bits per heavy atom. The lowest BCUT2D eigenvalue weighted by atomic mass is 9.53. The van der Waals surface area contributed by atoms with Gasteiger partial charge in [-0.25, -0.2) is 0 Å². The van der Waals surface area contributed by atoms with Crippen LogP contribution < -0.4 is 5.32 Å². The molecule has 1 aromatic carbocycles. The molecule has 2 nitrogen and oxygen atoms in total. The Morgan fingerprint density at radius 2 is 2.11 bits per heavy atom. The van der Waals surface area contributed by atoms with Gasteiger partial charge in [0, 0.05) is 11.5 Å². The third-order valence-corrected chi connectivity index (χ3v) is 5.63. The summed E-state index contributed by atoms with van der Waals surface area (Å²) in [5.74, 6) is 1.25. The maximum atomic E-state index is 9.86. The molecule has 19 heavy (non-hydrogen) atoms. The number of benzene rings is 1. The van der Waals surface area contributed by atoms with Gasteiger partial charge in [-0.15, -0.1) is 17.0 Å². The van der Waals surface area contributed by atoms with Gasteiger partial charge in [-0.3, -0.25) is 0 Å². The van der Waals surface area contributed by atoms with Crippen molar-refractivity contribution in [1.29, 1.82) is 0 Å². The predicted octanol–water partition coefficient (Wildman–Crippen LogP) is 3.32. The molecule has 1 saturated heterocycles. The summed E-state index contributed by atoms with van der Waals surface area (Å²) in [5, 5.41) is 13.6. The van der Waals surface area contributed by atoms with Crippen LogP contribution in [0.15, 0.2) is 18.2 Å². The Morgan fingerprint density at radius 3 is 3.00 bits per heavy atom.